The second kappa shape index (κ2) is 4.68. The Hall–Kier alpha value is -1.66. The second-order valence-corrected chi connectivity index (χ2v) is 5.44. The zero-order chi connectivity index (χ0) is 12.3. The number of hydrogen-bond donors (Lipinski definition) is 2. The molecule has 2 rings (SSSR count). The lowest BCUT2D eigenvalue weighted by Crippen LogP contribution is -2.23. The van der Waals surface area contributed by atoms with E-state index in [9.17, 15) is 8.42 Å². The molecule has 0 aliphatic carbocycles. The number of aryl methyl sites for hydroxylation is 1. The molecule has 0 amide bonds. The molecule has 0 aliphatic heterocycles. The van der Waals surface area contributed by atoms with Crippen molar-refractivity contribution in [3.05, 3.63) is 48.0 Å². The monoisotopic (exact) mass is 251 g/mol. The summed E-state index contributed by atoms with van der Waals surface area (Å²) in [4.78, 5) is 7.04. The van der Waals surface area contributed by atoms with Crippen LogP contribution in [0.2, 0.25) is 0 Å². The number of imidazole rings is 1. The fraction of sp³-hybridized carbons (Fsp3) is 0.182. The summed E-state index contributed by atoms with van der Waals surface area (Å²) in [6.07, 6.45) is 3.23. The van der Waals surface area contributed by atoms with Gasteiger partial charge in [-0.15, -0.1) is 0 Å². The van der Waals surface area contributed by atoms with Gasteiger partial charge in [0, 0.05) is 12.4 Å². The Bertz CT molecular complexity index is 574. The largest absolute Gasteiger partial charge is 0.347 e. The van der Waals surface area contributed by atoms with E-state index in [1.165, 1.54) is 0 Å². The predicted molar refractivity (Wildman–Crippen MR) is 63.8 cm³/mol. The normalized spacial score (nSPS) is 11.6. The molecular weight excluding hydrogens is 238 g/mol. The molecule has 2 N–H and O–H groups in total. The smallest absolute Gasteiger partial charge is 0.240 e. The highest BCUT2D eigenvalue weighted by molar-refractivity contribution is 7.89. The molecule has 0 fully saturated rings. The van der Waals surface area contributed by atoms with Crippen molar-refractivity contribution in [2.45, 2.75) is 18.4 Å². The maximum absolute atomic E-state index is 11.9. The summed E-state index contributed by atoms with van der Waals surface area (Å²) in [6.45, 7) is 2.07. The predicted octanol–water partition coefficient (Wildman–Crippen LogP) is 1.20. The lowest BCUT2D eigenvalue weighted by atomic mass is 10.2. The number of benzene rings is 1. The van der Waals surface area contributed by atoms with Gasteiger partial charge in [-0.1, -0.05) is 17.7 Å². The lowest BCUT2D eigenvalue weighted by molar-refractivity contribution is 0.579. The van der Waals surface area contributed by atoms with E-state index in [4.69, 9.17) is 0 Å². The molecule has 1 aromatic carbocycles. The second-order valence-electron chi connectivity index (χ2n) is 3.67. The van der Waals surface area contributed by atoms with E-state index in [0.717, 1.165) is 5.56 Å². The molecular formula is C11H13N3O2S. The summed E-state index contributed by atoms with van der Waals surface area (Å²) in [5.74, 6) is 0.584. The first-order valence-electron chi connectivity index (χ1n) is 5.12. The molecule has 1 aromatic heterocycles. The van der Waals surface area contributed by atoms with Crippen molar-refractivity contribution in [3.63, 3.8) is 0 Å². The van der Waals surface area contributed by atoms with Crippen molar-refractivity contribution >= 4 is 10.0 Å². The van der Waals surface area contributed by atoms with Crippen LogP contribution in [-0.2, 0) is 16.6 Å². The van der Waals surface area contributed by atoms with Crippen molar-refractivity contribution in [2.24, 2.45) is 0 Å². The highest BCUT2D eigenvalue weighted by Gasteiger charge is 2.13. The van der Waals surface area contributed by atoms with E-state index < -0.39 is 10.0 Å². The SMILES string of the molecule is Cc1ccc(S(=O)(=O)NCc2ncc[nH]2)cc1. The molecule has 2 aromatic rings. The summed E-state index contributed by atoms with van der Waals surface area (Å²) in [7, 11) is -3.46. The maximum atomic E-state index is 11.9. The van der Waals surface area contributed by atoms with Gasteiger partial charge in [0.2, 0.25) is 10.0 Å². The quantitative estimate of drug-likeness (QED) is 0.857. The van der Waals surface area contributed by atoms with Crippen molar-refractivity contribution < 1.29 is 8.42 Å². The van der Waals surface area contributed by atoms with Crippen LogP contribution in [0.25, 0.3) is 0 Å². The average Bonchev–Trinajstić information content (AvgIpc) is 2.80. The van der Waals surface area contributed by atoms with Crippen LogP contribution in [-0.4, -0.2) is 18.4 Å². The summed E-state index contributed by atoms with van der Waals surface area (Å²) in [6, 6.07) is 6.70. The van der Waals surface area contributed by atoms with E-state index in [2.05, 4.69) is 14.7 Å². The Morgan fingerprint density at radius 3 is 2.59 bits per heavy atom. The number of nitrogens with zero attached hydrogens (tertiary/aromatic N) is 1. The molecule has 6 heteroatoms. The fourth-order valence-corrected chi connectivity index (χ4v) is 2.35. The molecule has 0 atom stereocenters. The van der Waals surface area contributed by atoms with E-state index in [1.54, 1.807) is 36.7 Å². The van der Waals surface area contributed by atoms with Crippen LogP contribution in [0, 0.1) is 6.92 Å². The van der Waals surface area contributed by atoms with Crippen LogP contribution >= 0.6 is 0 Å². The number of rotatable bonds is 4. The Kier molecular flexibility index (Phi) is 3.26. The molecule has 1 heterocycles. The average molecular weight is 251 g/mol. The number of aromatic amines is 1. The zero-order valence-electron chi connectivity index (χ0n) is 9.34. The zero-order valence-corrected chi connectivity index (χ0v) is 10.2. The lowest BCUT2D eigenvalue weighted by Gasteiger charge is -2.05. The molecule has 0 saturated heterocycles. The van der Waals surface area contributed by atoms with Gasteiger partial charge in [0.15, 0.2) is 0 Å². The molecule has 0 radical (unpaired) electrons. The van der Waals surface area contributed by atoms with Gasteiger partial charge < -0.3 is 4.98 Å². The van der Waals surface area contributed by atoms with Crippen molar-refractivity contribution in [2.75, 3.05) is 0 Å². The molecule has 0 bridgehead atoms. The minimum absolute atomic E-state index is 0.156. The topological polar surface area (TPSA) is 74.8 Å². The van der Waals surface area contributed by atoms with E-state index in [1.807, 2.05) is 6.92 Å². The summed E-state index contributed by atoms with van der Waals surface area (Å²) in [5.41, 5.74) is 1.02. The van der Waals surface area contributed by atoms with Crippen LogP contribution in [0.4, 0.5) is 0 Å². The van der Waals surface area contributed by atoms with Gasteiger partial charge in [-0.2, -0.15) is 0 Å². The molecule has 0 spiro atoms. The molecule has 0 saturated carbocycles. The first kappa shape index (κ1) is 11.8. The van der Waals surface area contributed by atoms with Gasteiger partial charge in [-0.3, -0.25) is 0 Å². The number of H-pyrrole nitrogens is 1. The minimum atomic E-state index is -3.46. The first-order valence-corrected chi connectivity index (χ1v) is 6.61. The van der Waals surface area contributed by atoms with Gasteiger partial charge in [-0.05, 0) is 19.1 Å². The van der Waals surface area contributed by atoms with Crippen LogP contribution in [0.3, 0.4) is 0 Å². The highest BCUT2D eigenvalue weighted by Crippen LogP contribution is 2.09. The Balaban J connectivity index is 2.11. The minimum Gasteiger partial charge on any atom is -0.347 e. The molecule has 0 aliphatic rings. The van der Waals surface area contributed by atoms with E-state index in [-0.39, 0.29) is 11.4 Å². The van der Waals surface area contributed by atoms with Crippen LogP contribution in [0.5, 0.6) is 0 Å². The van der Waals surface area contributed by atoms with Crippen molar-refractivity contribution in [1.82, 2.24) is 14.7 Å². The number of aromatic nitrogens is 2. The Morgan fingerprint density at radius 1 is 1.29 bits per heavy atom. The van der Waals surface area contributed by atoms with Crippen molar-refractivity contribution in [3.8, 4) is 0 Å². The Morgan fingerprint density at radius 2 is 2.00 bits per heavy atom. The van der Waals surface area contributed by atoms with Crippen molar-refractivity contribution in [1.29, 1.82) is 0 Å². The summed E-state index contributed by atoms with van der Waals surface area (Å²) >= 11 is 0. The summed E-state index contributed by atoms with van der Waals surface area (Å²) in [5, 5.41) is 0. The molecule has 5 nitrogen and oxygen atoms in total. The number of hydrogen-bond acceptors (Lipinski definition) is 3. The number of nitrogens with one attached hydrogen (secondary N) is 2. The fourth-order valence-electron chi connectivity index (χ4n) is 1.36. The third-order valence-electron chi connectivity index (χ3n) is 2.32. The van der Waals surface area contributed by atoms with Gasteiger partial charge in [0.05, 0.1) is 11.4 Å². The van der Waals surface area contributed by atoms with Gasteiger partial charge in [0.1, 0.15) is 5.82 Å². The number of sulfonamides is 1. The first-order chi connectivity index (χ1) is 8.08. The summed E-state index contributed by atoms with van der Waals surface area (Å²) < 4.78 is 26.2. The third-order valence-corrected chi connectivity index (χ3v) is 3.73. The highest BCUT2D eigenvalue weighted by atomic mass is 32.2. The third kappa shape index (κ3) is 2.92. The van der Waals surface area contributed by atoms with Gasteiger partial charge in [0.25, 0.3) is 0 Å². The van der Waals surface area contributed by atoms with Gasteiger partial charge >= 0.3 is 0 Å². The maximum Gasteiger partial charge on any atom is 0.240 e. The molecule has 17 heavy (non-hydrogen) atoms. The van der Waals surface area contributed by atoms with Gasteiger partial charge in [-0.25, -0.2) is 18.1 Å². The standard InChI is InChI=1S/C11H13N3O2S/c1-9-2-4-10(5-3-9)17(15,16)14-8-11-12-6-7-13-11/h2-7,14H,8H2,1H3,(H,12,13). The molecule has 90 valence electrons. The van der Waals surface area contributed by atoms with Crippen LogP contribution in [0.15, 0.2) is 41.6 Å². The van der Waals surface area contributed by atoms with E-state index >= 15 is 0 Å². The Labute approximate surface area is 100.0 Å². The molecule has 0 unspecified atom stereocenters. The van der Waals surface area contributed by atoms with E-state index in [0.29, 0.717) is 5.82 Å². The van der Waals surface area contributed by atoms with Crippen LogP contribution < -0.4 is 4.72 Å². The van der Waals surface area contributed by atoms with Crippen LogP contribution in [0.1, 0.15) is 11.4 Å².